The number of hydrazone groups is 1. The van der Waals surface area contributed by atoms with E-state index in [4.69, 9.17) is 4.74 Å². The van der Waals surface area contributed by atoms with Gasteiger partial charge in [-0.25, -0.2) is 5.43 Å². The number of fused-ring (bicyclic) bond motifs is 1. The third kappa shape index (κ3) is 4.77. The molecule has 4 heteroatoms. The molecule has 0 saturated carbocycles. The van der Waals surface area contributed by atoms with E-state index in [1.807, 2.05) is 49.4 Å². The lowest BCUT2D eigenvalue weighted by Crippen LogP contribution is -2.26. The third-order valence-electron chi connectivity index (χ3n) is 4.94. The number of carbonyl (C=O) groups excluding carboxylic acids is 1. The Morgan fingerprint density at radius 3 is 2.54 bits per heavy atom. The van der Waals surface area contributed by atoms with E-state index in [1.54, 1.807) is 0 Å². The van der Waals surface area contributed by atoms with E-state index >= 15 is 0 Å². The van der Waals surface area contributed by atoms with Gasteiger partial charge in [-0.3, -0.25) is 4.79 Å². The van der Waals surface area contributed by atoms with E-state index in [-0.39, 0.29) is 12.5 Å². The number of amides is 1. The largest absolute Gasteiger partial charge is 0.483 e. The Hall–Kier alpha value is -3.14. The van der Waals surface area contributed by atoms with Crippen LogP contribution in [0.15, 0.2) is 71.8 Å². The molecule has 1 unspecified atom stereocenters. The number of rotatable bonds is 7. The number of para-hydroxylation sites is 1. The van der Waals surface area contributed by atoms with Crippen molar-refractivity contribution in [3.05, 3.63) is 77.9 Å². The summed E-state index contributed by atoms with van der Waals surface area (Å²) in [6, 6.07) is 22.1. The van der Waals surface area contributed by atoms with Crippen LogP contribution in [-0.2, 0) is 4.79 Å². The van der Waals surface area contributed by atoms with Gasteiger partial charge in [-0.05, 0) is 53.3 Å². The van der Waals surface area contributed by atoms with Crippen molar-refractivity contribution in [2.45, 2.75) is 33.1 Å². The Kier molecular flexibility index (Phi) is 6.43. The highest BCUT2D eigenvalue weighted by molar-refractivity contribution is 6.02. The molecule has 144 valence electrons. The van der Waals surface area contributed by atoms with E-state index < -0.39 is 0 Å². The number of hydrogen-bond acceptors (Lipinski definition) is 3. The van der Waals surface area contributed by atoms with Gasteiger partial charge < -0.3 is 4.74 Å². The summed E-state index contributed by atoms with van der Waals surface area (Å²) in [4.78, 5) is 12.2. The van der Waals surface area contributed by atoms with Crippen LogP contribution < -0.4 is 10.2 Å². The zero-order valence-electron chi connectivity index (χ0n) is 16.6. The number of nitrogens with one attached hydrogen (secondary N) is 1. The molecule has 3 aromatic carbocycles. The summed E-state index contributed by atoms with van der Waals surface area (Å²) in [6.07, 6.45) is 1.02. The van der Waals surface area contributed by atoms with Gasteiger partial charge in [0.15, 0.2) is 6.61 Å². The average molecular weight is 374 g/mol. The van der Waals surface area contributed by atoms with E-state index in [2.05, 4.69) is 48.6 Å². The topological polar surface area (TPSA) is 50.7 Å². The molecule has 0 radical (unpaired) electrons. The van der Waals surface area contributed by atoms with Gasteiger partial charge in [-0.1, -0.05) is 68.4 Å². The summed E-state index contributed by atoms with van der Waals surface area (Å²) < 4.78 is 5.74. The minimum absolute atomic E-state index is 0.0675. The van der Waals surface area contributed by atoms with Crippen molar-refractivity contribution in [3.63, 3.8) is 0 Å². The highest BCUT2D eigenvalue weighted by Gasteiger charge is 2.11. The lowest BCUT2D eigenvalue weighted by atomic mass is 9.98. The summed E-state index contributed by atoms with van der Waals surface area (Å²) in [7, 11) is 0. The zero-order valence-corrected chi connectivity index (χ0v) is 16.6. The van der Waals surface area contributed by atoms with E-state index in [0.29, 0.717) is 5.92 Å². The van der Waals surface area contributed by atoms with E-state index in [9.17, 15) is 4.79 Å². The van der Waals surface area contributed by atoms with Crippen LogP contribution in [0.4, 0.5) is 0 Å². The standard InChI is InChI=1S/C24H26N2O2/c1-4-17(2)22-11-7-8-12-23(22)28-16-24(27)26-25-18(3)20-14-13-19-9-5-6-10-21(19)15-20/h5-15,17H,4,16H2,1-3H3,(H,26,27)/b25-18+. The second-order valence-corrected chi connectivity index (χ2v) is 6.93. The molecule has 0 aromatic heterocycles. The number of benzene rings is 3. The van der Waals surface area contributed by atoms with Crippen LogP contribution in [0.1, 0.15) is 44.2 Å². The van der Waals surface area contributed by atoms with Gasteiger partial charge in [0, 0.05) is 0 Å². The highest BCUT2D eigenvalue weighted by atomic mass is 16.5. The van der Waals surface area contributed by atoms with Crippen LogP contribution in [0, 0.1) is 0 Å². The molecule has 1 atom stereocenters. The van der Waals surface area contributed by atoms with Crippen LogP contribution in [-0.4, -0.2) is 18.2 Å². The Morgan fingerprint density at radius 2 is 1.75 bits per heavy atom. The first kappa shape index (κ1) is 19.6. The molecule has 0 aliphatic carbocycles. The number of nitrogens with zero attached hydrogens (tertiary/aromatic N) is 1. The van der Waals surface area contributed by atoms with Crippen molar-refractivity contribution >= 4 is 22.4 Å². The normalized spacial score (nSPS) is 12.6. The molecule has 1 N–H and O–H groups in total. The predicted molar refractivity (Wildman–Crippen MR) is 115 cm³/mol. The van der Waals surface area contributed by atoms with Gasteiger partial charge in [0.05, 0.1) is 5.71 Å². The Labute approximate surface area is 166 Å². The van der Waals surface area contributed by atoms with Crippen LogP contribution in [0.3, 0.4) is 0 Å². The van der Waals surface area contributed by atoms with E-state index in [0.717, 1.165) is 34.4 Å². The summed E-state index contributed by atoms with van der Waals surface area (Å²) in [5, 5.41) is 6.55. The molecule has 0 fully saturated rings. The van der Waals surface area contributed by atoms with Gasteiger partial charge in [0.1, 0.15) is 5.75 Å². The summed E-state index contributed by atoms with van der Waals surface area (Å²) >= 11 is 0. The van der Waals surface area contributed by atoms with E-state index in [1.165, 1.54) is 5.39 Å². The molecule has 1 amide bonds. The first-order valence-corrected chi connectivity index (χ1v) is 9.62. The summed E-state index contributed by atoms with van der Waals surface area (Å²) in [5.74, 6) is 0.855. The van der Waals surface area contributed by atoms with Gasteiger partial charge in [0.2, 0.25) is 0 Å². The molecule has 3 aromatic rings. The van der Waals surface area contributed by atoms with Crippen LogP contribution in [0.2, 0.25) is 0 Å². The minimum Gasteiger partial charge on any atom is -0.483 e. The molecule has 0 spiro atoms. The van der Waals surface area contributed by atoms with Gasteiger partial charge in [-0.15, -0.1) is 0 Å². The molecule has 0 heterocycles. The maximum absolute atomic E-state index is 12.2. The minimum atomic E-state index is -0.279. The van der Waals surface area contributed by atoms with Gasteiger partial charge >= 0.3 is 0 Å². The fourth-order valence-corrected chi connectivity index (χ4v) is 3.04. The smallest absolute Gasteiger partial charge is 0.277 e. The van der Waals surface area contributed by atoms with Gasteiger partial charge in [-0.2, -0.15) is 5.10 Å². The lowest BCUT2D eigenvalue weighted by molar-refractivity contribution is -0.123. The first-order valence-electron chi connectivity index (χ1n) is 9.62. The van der Waals surface area contributed by atoms with Gasteiger partial charge in [0.25, 0.3) is 5.91 Å². The van der Waals surface area contributed by atoms with Crippen molar-refractivity contribution in [3.8, 4) is 5.75 Å². The summed E-state index contributed by atoms with van der Waals surface area (Å²) in [6.45, 7) is 6.10. The second-order valence-electron chi connectivity index (χ2n) is 6.93. The quantitative estimate of drug-likeness (QED) is 0.452. The molecule has 0 saturated heterocycles. The molecule has 4 nitrogen and oxygen atoms in total. The predicted octanol–water partition coefficient (Wildman–Crippen LogP) is 5.27. The van der Waals surface area contributed by atoms with Crippen molar-refractivity contribution in [2.24, 2.45) is 5.10 Å². The number of carbonyl (C=O) groups is 1. The lowest BCUT2D eigenvalue weighted by Gasteiger charge is -2.15. The average Bonchev–Trinajstić information content (AvgIpc) is 2.75. The molecular weight excluding hydrogens is 348 g/mol. The fraction of sp³-hybridized carbons (Fsp3) is 0.250. The van der Waals surface area contributed by atoms with Crippen LogP contribution >= 0.6 is 0 Å². The third-order valence-corrected chi connectivity index (χ3v) is 4.94. The summed E-state index contributed by atoms with van der Waals surface area (Å²) in [5.41, 5.74) is 5.43. The molecular formula is C24H26N2O2. The monoisotopic (exact) mass is 374 g/mol. The SMILES string of the molecule is CCC(C)c1ccccc1OCC(=O)N/N=C(\C)c1ccc2ccccc2c1. The molecule has 0 bridgehead atoms. The maximum Gasteiger partial charge on any atom is 0.277 e. The van der Waals surface area contributed by atoms with Crippen molar-refractivity contribution in [2.75, 3.05) is 6.61 Å². The fourth-order valence-electron chi connectivity index (χ4n) is 3.04. The Balaban J connectivity index is 1.62. The molecule has 3 rings (SSSR count). The van der Waals surface area contributed by atoms with Crippen molar-refractivity contribution in [1.29, 1.82) is 0 Å². The number of ether oxygens (including phenoxy) is 1. The molecule has 0 aliphatic heterocycles. The van der Waals surface area contributed by atoms with Crippen LogP contribution in [0.25, 0.3) is 10.8 Å². The Morgan fingerprint density at radius 1 is 1.04 bits per heavy atom. The Bertz CT molecular complexity index is 995. The van der Waals surface area contributed by atoms with Crippen molar-refractivity contribution in [1.82, 2.24) is 5.43 Å². The maximum atomic E-state index is 12.2. The zero-order chi connectivity index (χ0) is 19.9. The van der Waals surface area contributed by atoms with Crippen molar-refractivity contribution < 1.29 is 9.53 Å². The second kappa shape index (κ2) is 9.18. The highest BCUT2D eigenvalue weighted by Crippen LogP contribution is 2.28. The van der Waals surface area contributed by atoms with Crippen LogP contribution in [0.5, 0.6) is 5.75 Å². The molecule has 0 aliphatic rings. The molecule has 28 heavy (non-hydrogen) atoms. The number of hydrogen-bond donors (Lipinski definition) is 1. The first-order chi connectivity index (χ1) is 13.6.